The smallest absolute Gasteiger partial charge is 0.267 e. The highest BCUT2D eigenvalue weighted by atomic mass is 79.9. The van der Waals surface area contributed by atoms with Gasteiger partial charge in [0, 0.05) is 16.6 Å². The first-order chi connectivity index (χ1) is 14.8. The molecule has 0 spiro atoms. The van der Waals surface area contributed by atoms with Crippen molar-refractivity contribution >= 4 is 72.9 Å². The lowest BCUT2D eigenvalue weighted by Crippen LogP contribution is -2.22. The molecule has 1 N–H and O–H groups in total. The second-order valence-corrected chi connectivity index (χ2v) is 9.12. The molecule has 0 unspecified atom stereocenters. The summed E-state index contributed by atoms with van der Waals surface area (Å²) in [7, 11) is 0. The molecule has 4 nitrogen and oxygen atoms in total. The number of aromatic nitrogens is 2. The first-order valence-corrected chi connectivity index (χ1v) is 11.3. The molecule has 0 aliphatic carbocycles. The van der Waals surface area contributed by atoms with E-state index in [0.717, 1.165) is 15.7 Å². The molecule has 0 aliphatic heterocycles. The van der Waals surface area contributed by atoms with Crippen molar-refractivity contribution < 1.29 is 0 Å². The highest BCUT2D eigenvalue weighted by Gasteiger charge is 2.13. The van der Waals surface area contributed by atoms with Crippen molar-refractivity contribution in [2.24, 2.45) is 0 Å². The van der Waals surface area contributed by atoms with Gasteiger partial charge in [-0.2, -0.15) is 0 Å². The summed E-state index contributed by atoms with van der Waals surface area (Å²) >= 11 is 21.3. The minimum atomic E-state index is -0.197. The lowest BCUT2D eigenvalue weighted by atomic mass is 10.1. The monoisotopic (exact) mass is 531 g/mol. The summed E-state index contributed by atoms with van der Waals surface area (Å²) in [6, 6.07) is 18.5. The van der Waals surface area contributed by atoms with Crippen LogP contribution in [0.3, 0.4) is 0 Å². The second-order valence-electron chi connectivity index (χ2n) is 6.96. The van der Waals surface area contributed by atoms with Gasteiger partial charge in [0.2, 0.25) is 0 Å². The fourth-order valence-electron chi connectivity index (χ4n) is 3.37. The number of hydrogen-bond acceptors (Lipinski definition) is 3. The van der Waals surface area contributed by atoms with Crippen LogP contribution in [-0.2, 0) is 6.42 Å². The van der Waals surface area contributed by atoms with Crippen LogP contribution in [0.15, 0.2) is 69.9 Å². The predicted molar refractivity (Wildman–Crippen MR) is 136 cm³/mol. The van der Waals surface area contributed by atoms with Crippen LogP contribution >= 0.6 is 51.3 Å². The molecule has 0 saturated carbocycles. The molecule has 0 saturated heterocycles. The Kier molecular flexibility index (Phi) is 6.44. The van der Waals surface area contributed by atoms with Crippen molar-refractivity contribution in [2.75, 3.05) is 5.32 Å². The maximum Gasteiger partial charge on any atom is 0.267 e. The fourth-order valence-corrected chi connectivity index (χ4v) is 4.41. The molecular weight excluding hydrogens is 517 g/mol. The first-order valence-electron chi connectivity index (χ1n) is 9.35. The van der Waals surface area contributed by atoms with E-state index in [-0.39, 0.29) is 5.56 Å². The van der Waals surface area contributed by atoms with E-state index in [0.29, 0.717) is 43.9 Å². The van der Waals surface area contributed by atoms with Crippen LogP contribution in [0.25, 0.3) is 16.6 Å². The third-order valence-corrected chi connectivity index (χ3v) is 6.53. The maximum atomic E-state index is 13.2. The second kappa shape index (κ2) is 9.09. The molecule has 1 heterocycles. The third kappa shape index (κ3) is 4.67. The summed E-state index contributed by atoms with van der Waals surface area (Å²) in [5, 5.41) is 4.65. The number of thiocarbonyl (C=S) groups is 1. The van der Waals surface area contributed by atoms with Crippen LogP contribution < -0.4 is 10.9 Å². The number of benzene rings is 3. The van der Waals surface area contributed by atoms with Gasteiger partial charge in [0.15, 0.2) is 0 Å². The molecule has 4 rings (SSSR count). The van der Waals surface area contributed by atoms with E-state index in [4.69, 9.17) is 35.4 Å². The van der Waals surface area contributed by atoms with Crippen LogP contribution in [0, 0.1) is 6.92 Å². The van der Waals surface area contributed by atoms with E-state index in [1.165, 1.54) is 0 Å². The highest BCUT2D eigenvalue weighted by Crippen LogP contribution is 2.26. The summed E-state index contributed by atoms with van der Waals surface area (Å²) in [6.45, 7) is 1.80. The predicted octanol–water partition coefficient (Wildman–Crippen LogP) is 6.75. The molecule has 8 heteroatoms. The zero-order valence-electron chi connectivity index (χ0n) is 16.3. The van der Waals surface area contributed by atoms with Gasteiger partial charge in [-0.25, -0.2) is 4.98 Å². The number of fused-ring (bicyclic) bond motifs is 1. The quantitative estimate of drug-likeness (QED) is 0.295. The molecule has 0 radical (unpaired) electrons. The average molecular weight is 533 g/mol. The largest absolute Gasteiger partial charge is 0.350 e. The Bertz CT molecular complexity index is 1390. The maximum absolute atomic E-state index is 13.2. The molecule has 1 aromatic heterocycles. The third-order valence-electron chi connectivity index (χ3n) is 4.75. The van der Waals surface area contributed by atoms with E-state index >= 15 is 0 Å². The molecule has 0 aliphatic rings. The van der Waals surface area contributed by atoms with Gasteiger partial charge in [-0.3, -0.25) is 9.36 Å². The lowest BCUT2D eigenvalue weighted by Gasteiger charge is -2.13. The molecule has 31 heavy (non-hydrogen) atoms. The molecule has 0 atom stereocenters. The number of hydrogen-bond donors (Lipinski definition) is 1. The van der Waals surface area contributed by atoms with Crippen molar-refractivity contribution in [3.05, 3.63) is 96.9 Å². The number of anilines is 1. The Morgan fingerprint density at radius 1 is 1.10 bits per heavy atom. The number of nitrogens with one attached hydrogen (secondary N) is 1. The molecule has 0 bridgehead atoms. The zero-order valence-corrected chi connectivity index (χ0v) is 20.2. The number of rotatable bonds is 4. The average Bonchev–Trinajstić information content (AvgIpc) is 2.71. The fraction of sp³-hybridized carbons (Fsp3) is 0.0870. The summed E-state index contributed by atoms with van der Waals surface area (Å²) in [4.78, 5) is 18.4. The minimum Gasteiger partial charge on any atom is -0.350 e. The zero-order chi connectivity index (χ0) is 22.1. The Labute approximate surface area is 203 Å². The molecule has 0 amide bonds. The van der Waals surface area contributed by atoms with Gasteiger partial charge >= 0.3 is 0 Å². The Morgan fingerprint density at radius 2 is 1.87 bits per heavy atom. The van der Waals surface area contributed by atoms with Crippen LogP contribution in [0.2, 0.25) is 10.0 Å². The van der Waals surface area contributed by atoms with Gasteiger partial charge in [0.25, 0.3) is 5.56 Å². The van der Waals surface area contributed by atoms with Crippen molar-refractivity contribution in [2.45, 2.75) is 13.3 Å². The normalized spacial score (nSPS) is 11.0. The van der Waals surface area contributed by atoms with Crippen LogP contribution in [-0.4, -0.2) is 14.5 Å². The van der Waals surface area contributed by atoms with Gasteiger partial charge in [-0.05, 0) is 70.9 Å². The van der Waals surface area contributed by atoms with E-state index in [1.807, 2.05) is 36.4 Å². The van der Waals surface area contributed by atoms with Crippen molar-refractivity contribution in [3.8, 4) is 5.69 Å². The first kappa shape index (κ1) is 22.0. The Balaban J connectivity index is 1.64. The van der Waals surface area contributed by atoms with E-state index < -0.39 is 0 Å². The van der Waals surface area contributed by atoms with Crippen LogP contribution in [0.5, 0.6) is 0 Å². The highest BCUT2D eigenvalue weighted by molar-refractivity contribution is 9.10. The van der Waals surface area contributed by atoms with Crippen LogP contribution in [0.1, 0.15) is 11.4 Å². The molecule has 0 fully saturated rings. The SMILES string of the molecule is Cc1nc2cccc(Cl)c2c(=O)n1-c1cccc(CC(=S)Nc2ccc(Cl)c(Br)c2)c1. The standard InChI is InChI=1S/C23H16BrCl2N3OS/c1-13-27-20-7-3-6-19(26)22(20)23(30)29(13)16-5-2-4-14(10-16)11-21(31)28-15-8-9-18(25)17(24)12-15/h2-10,12H,11H2,1H3,(H,28,31). The van der Waals surface area contributed by atoms with Gasteiger partial charge in [0.1, 0.15) is 5.82 Å². The molecule has 3 aromatic carbocycles. The van der Waals surface area contributed by atoms with Gasteiger partial charge in [-0.1, -0.05) is 53.6 Å². The van der Waals surface area contributed by atoms with E-state index in [9.17, 15) is 4.79 Å². The van der Waals surface area contributed by atoms with E-state index in [2.05, 4.69) is 26.2 Å². The Morgan fingerprint density at radius 3 is 2.65 bits per heavy atom. The summed E-state index contributed by atoms with van der Waals surface area (Å²) < 4.78 is 2.37. The number of aryl methyl sites for hydroxylation is 1. The van der Waals surface area contributed by atoms with Gasteiger partial charge in [-0.15, -0.1) is 0 Å². The lowest BCUT2D eigenvalue weighted by molar-refractivity contribution is 0.893. The summed E-state index contributed by atoms with van der Waals surface area (Å²) in [6.07, 6.45) is 0.513. The minimum absolute atomic E-state index is 0.197. The van der Waals surface area contributed by atoms with Gasteiger partial charge in [0.05, 0.1) is 31.6 Å². The van der Waals surface area contributed by atoms with E-state index in [1.54, 1.807) is 35.8 Å². The molecule has 156 valence electrons. The Hall–Kier alpha value is -2.25. The topological polar surface area (TPSA) is 46.9 Å². The number of halogens is 3. The van der Waals surface area contributed by atoms with Crippen molar-refractivity contribution in [1.29, 1.82) is 0 Å². The molecular formula is C23H16BrCl2N3OS. The van der Waals surface area contributed by atoms with Crippen molar-refractivity contribution in [1.82, 2.24) is 9.55 Å². The summed E-state index contributed by atoms with van der Waals surface area (Å²) in [5.74, 6) is 0.587. The molecule has 4 aromatic rings. The van der Waals surface area contributed by atoms with Gasteiger partial charge < -0.3 is 5.32 Å². The van der Waals surface area contributed by atoms with Crippen LogP contribution in [0.4, 0.5) is 5.69 Å². The summed E-state index contributed by atoms with van der Waals surface area (Å²) in [5.41, 5.74) is 2.91. The number of nitrogens with zero attached hydrogens (tertiary/aromatic N) is 2. The van der Waals surface area contributed by atoms with Crippen molar-refractivity contribution in [3.63, 3.8) is 0 Å².